The van der Waals surface area contributed by atoms with Crippen molar-refractivity contribution in [3.63, 3.8) is 0 Å². The highest BCUT2D eigenvalue weighted by Crippen LogP contribution is 2.31. The first-order chi connectivity index (χ1) is 6.19. The van der Waals surface area contributed by atoms with Crippen LogP contribution in [0.1, 0.15) is 5.56 Å². The van der Waals surface area contributed by atoms with Crippen molar-refractivity contribution in [3.8, 4) is 11.8 Å². The van der Waals surface area contributed by atoms with Crippen LogP contribution in [-0.2, 0) is 6.42 Å². The molecule has 0 aromatic heterocycles. The minimum atomic E-state index is 0.294. The molecule has 0 aliphatic carbocycles. The van der Waals surface area contributed by atoms with Crippen LogP contribution in [0.4, 0.5) is 0 Å². The standard InChI is InChI=1S/C9H7BrClNO/c1-13-9-4-6(2-3-12)8(11)5-7(9)10/h4-5H,2H2,1H3. The Bertz CT molecular complexity index is 359. The lowest BCUT2D eigenvalue weighted by molar-refractivity contribution is 0.411. The smallest absolute Gasteiger partial charge is 0.133 e. The molecule has 0 aliphatic heterocycles. The molecule has 68 valence electrons. The van der Waals surface area contributed by atoms with E-state index in [0.717, 1.165) is 10.0 Å². The van der Waals surface area contributed by atoms with Gasteiger partial charge in [0, 0.05) is 5.02 Å². The normalized spacial score (nSPS) is 9.38. The molecule has 0 bridgehead atoms. The minimum absolute atomic E-state index is 0.294. The fraction of sp³-hybridized carbons (Fsp3) is 0.222. The Hall–Kier alpha value is -0.720. The number of methoxy groups -OCH3 is 1. The zero-order valence-corrected chi connectivity index (χ0v) is 9.32. The lowest BCUT2D eigenvalue weighted by Gasteiger charge is -2.06. The van der Waals surface area contributed by atoms with E-state index in [2.05, 4.69) is 15.9 Å². The molecule has 0 aliphatic rings. The predicted octanol–water partition coefficient (Wildman–Crippen LogP) is 3.18. The van der Waals surface area contributed by atoms with Crippen molar-refractivity contribution in [1.82, 2.24) is 0 Å². The summed E-state index contributed by atoms with van der Waals surface area (Å²) in [5.41, 5.74) is 0.782. The molecule has 0 unspecified atom stereocenters. The number of nitriles is 1. The number of nitrogens with zero attached hydrogens (tertiary/aromatic N) is 1. The summed E-state index contributed by atoms with van der Waals surface area (Å²) in [6.45, 7) is 0. The first-order valence-electron chi connectivity index (χ1n) is 3.58. The third kappa shape index (κ3) is 2.36. The Labute approximate surface area is 90.2 Å². The number of halogens is 2. The molecule has 0 atom stereocenters. The van der Waals surface area contributed by atoms with E-state index in [0.29, 0.717) is 17.2 Å². The van der Waals surface area contributed by atoms with Crippen LogP contribution in [0.5, 0.6) is 5.75 Å². The van der Waals surface area contributed by atoms with Crippen LogP contribution in [0, 0.1) is 11.3 Å². The molecule has 1 rings (SSSR count). The van der Waals surface area contributed by atoms with Gasteiger partial charge in [-0.25, -0.2) is 0 Å². The van der Waals surface area contributed by atoms with Crippen molar-refractivity contribution < 1.29 is 4.74 Å². The summed E-state index contributed by atoms with van der Waals surface area (Å²) in [5, 5.41) is 9.09. The van der Waals surface area contributed by atoms with Crippen molar-refractivity contribution in [2.24, 2.45) is 0 Å². The molecule has 1 aromatic rings. The van der Waals surface area contributed by atoms with Crippen LogP contribution in [0.15, 0.2) is 16.6 Å². The Morgan fingerprint density at radius 1 is 1.62 bits per heavy atom. The fourth-order valence-electron chi connectivity index (χ4n) is 0.948. The Morgan fingerprint density at radius 2 is 2.31 bits per heavy atom. The molecule has 2 nitrogen and oxygen atoms in total. The molecule has 0 amide bonds. The van der Waals surface area contributed by atoms with E-state index in [1.54, 1.807) is 19.2 Å². The van der Waals surface area contributed by atoms with Gasteiger partial charge in [-0.3, -0.25) is 0 Å². The maximum absolute atomic E-state index is 8.52. The van der Waals surface area contributed by atoms with E-state index >= 15 is 0 Å². The SMILES string of the molecule is COc1cc(CC#N)c(Cl)cc1Br. The zero-order valence-electron chi connectivity index (χ0n) is 6.97. The third-order valence-corrected chi connectivity index (χ3v) is 2.56. The lowest BCUT2D eigenvalue weighted by atomic mass is 10.1. The average molecular weight is 261 g/mol. The molecule has 0 fully saturated rings. The van der Waals surface area contributed by atoms with Crippen LogP contribution in [0.2, 0.25) is 5.02 Å². The van der Waals surface area contributed by atoms with Crippen LogP contribution >= 0.6 is 27.5 Å². The molecule has 0 spiro atoms. The van der Waals surface area contributed by atoms with Crippen LogP contribution in [0.3, 0.4) is 0 Å². The predicted molar refractivity (Wildman–Crippen MR) is 55.0 cm³/mol. The number of hydrogen-bond donors (Lipinski definition) is 0. The van der Waals surface area contributed by atoms with Gasteiger partial charge in [-0.1, -0.05) is 11.6 Å². The molecule has 0 saturated heterocycles. The van der Waals surface area contributed by atoms with Crippen LogP contribution < -0.4 is 4.74 Å². The molecular weight excluding hydrogens is 253 g/mol. The van der Waals surface area contributed by atoms with Gasteiger partial charge < -0.3 is 4.74 Å². The highest BCUT2D eigenvalue weighted by atomic mass is 79.9. The monoisotopic (exact) mass is 259 g/mol. The Kier molecular flexibility index (Phi) is 3.58. The number of hydrogen-bond acceptors (Lipinski definition) is 2. The molecule has 4 heteroatoms. The molecule has 0 heterocycles. The van der Waals surface area contributed by atoms with Crippen molar-refractivity contribution in [2.75, 3.05) is 7.11 Å². The van der Waals surface area contributed by atoms with E-state index in [-0.39, 0.29) is 0 Å². The van der Waals surface area contributed by atoms with Crippen LogP contribution in [-0.4, -0.2) is 7.11 Å². The number of benzene rings is 1. The van der Waals surface area contributed by atoms with Crippen molar-refractivity contribution in [2.45, 2.75) is 6.42 Å². The van der Waals surface area contributed by atoms with Gasteiger partial charge in [-0.15, -0.1) is 0 Å². The second kappa shape index (κ2) is 4.50. The average Bonchev–Trinajstić information content (AvgIpc) is 2.10. The highest BCUT2D eigenvalue weighted by molar-refractivity contribution is 9.10. The maximum Gasteiger partial charge on any atom is 0.133 e. The summed E-state index contributed by atoms with van der Waals surface area (Å²) in [5.74, 6) is 0.689. The van der Waals surface area contributed by atoms with Gasteiger partial charge in [0.2, 0.25) is 0 Å². The zero-order chi connectivity index (χ0) is 9.84. The van der Waals surface area contributed by atoms with Gasteiger partial charge in [0.05, 0.1) is 24.1 Å². The van der Waals surface area contributed by atoms with E-state index in [4.69, 9.17) is 21.6 Å². The number of rotatable bonds is 2. The summed E-state index contributed by atoms with van der Waals surface area (Å²) in [4.78, 5) is 0. The van der Waals surface area contributed by atoms with Crippen LogP contribution in [0.25, 0.3) is 0 Å². The van der Waals surface area contributed by atoms with Crippen molar-refractivity contribution >= 4 is 27.5 Å². The second-order valence-corrected chi connectivity index (χ2v) is 3.67. The Balaban J connectivity index is 3.16. The van der Waals surface area contributed by atoms with Gasteiger partial charge >= 0.3 is 0 Å². The largest absolute Gasteiger partial charge is 0.496 e. The van der Waals surface area contributed by atoms with Gasteiger partial charge in [0.15, 0.2) is 0 Å². The van der Waals surface area contributed by atoms with E-state index in [9.17, 15) is 0 Å². The summed E-state index contributed by atoms with van der Waals surface area (Å²) < 4.78 is 5.87. The van der Waals surface area contributed by atoms with E-state index < -0.39 is 0 Å². The molecule has 13 heavy (non-hydrogen) atoms. The fourth-order valence-corrected chi connectivity index (χ4v) is 1.82. The van der Waals surface area contributed by atoms with Gasteiger partial charge in [0.1, 0.15) is 5.75 Å². The molecule has 0 radical (unpaired) electrons. The minimum Gasteiger partial charge on any atom is -0.496 e. The van der Waals surface area contributed by atoms with Gasteiger partial charge in [-0.05, 0) is 33.6 Å². The third-order valence-electron chi connectivity index (χ3n) is 1.59. The molecule has 0 N–H and O–H groups in total. The molecule has 0 saturated carbocycles. The van der Waals surface area contributed by atoms with Crippen molar-refractivity contribution in [3.05, 3.63) is 27.2 Å². The second-order valence-electron chi connectivity index (χ2n) is 2.41. The first kappa shape index (κ1) is 10.4. The Morgan fingerprint density at radius 3 is 2.85 bits per heavy atom. The summed E-state index contributed by atoms with van der Waals surface area (Å²) in [7, 11) is 1.57. The molecule has 1 aromatic carbocycles. The summed E-state index contributed by atoms with van der Waals surface area (Å²) in [6.07, 6.45) is 0.294. The number of ether oxygens (including phenoxy) is 1. The van der Waals surface area contributed by atoms with Gasteiger partial charge in [-0.2, -0.15) is 5.26 Å². The van der Waals surface area contributed by atoms with E-state index in [1.807, 2.05) is 6.07 Å². The highest BCUT2D eigenvalue weighted by Gasteiger charge is 2.06. The lowest BCUT2D eigenvalue weighted by Crippen LogP contribution is -1.89. The van der Waals surface area contributed by atoms with Gasteiger partial charge in [0.25, 0.3) is 0 Å². The van der Waals surface area contributed by atoms with E-state index in [1.165, 1.54) is 0 Å². The summed E-state index contributed by atoms with van der Waals surface area (Å²) in [6, 6.07) is 5.53. The topological polar surface area (TPSA) is 33.0 Å². The quantitative estimate of drug-likeness (QED) is 0.818. The summed E-state index contributed by atoms with van der Waals surface area (Å²) >= 11 is 9.20. The maximum atomic E-state index is 8.52. The molecular formula is C9H7BrClNO. The van der Waals surface area contributed by atoms with Crippen molar-refractivity contribution in [1.29, 1.82) is 5.26 Å². The first-order valence-corrected chi connectivity index (χ1v) is 4.75.